The predicted octanol–water partition coefficient (Wildman–Crippen LogP) is 9.57. The third-order valence-electron chi connectivity index (χ3n) is 8.06. The first-order chi connectivity index (χ1) is 20.3. The largest absolute Gasteiger partial charge is 0.456 e. The van der Waals surface area contributed by atoms with Gasteiger partial charge in [-0.2, -0.15) is 0 Å². The van der Waals surface area contributed by atoms with Gasteiger partial charge in [-0.3, -0.25) is 0 Å². The Bertz CT molecular complexity index is 2250. The molecule has 0 radical (unpaired) electrons. The van der Waals surface area contributed by atoms with Gasteiger partial charge in [0.05, 0.1) is 0 Å². The molecule has 0 spiro atoms. The highest BCUT2D eigenvalue weighted by atomic mass is 16.3. The summed E-state index contributed by atoms with van der Waals surface area (Å²) in [5, 5.41) is 4.66. The van der Waals surface area contributed by atoms with E-state index in [9.17, 15) is 0 Å². The van der Waals surface area contributed by atoms with Crippen molar-refractivity contribution in [1.82, 2.24) is 15.0 Å². The molecule has 0 fully saturated rings. The van der Waals surface area contributed by atoms with Gasteiger partial charge < -0.3 is 4.42 Å². The van der Waals surface area contributed by atoms with Crippen LogP contribution in [0.2, 0.25) is 0 Å². The third-order valence-corrected chi connectivity index (χ3v) is 8.06. The van der Waals surface area contributed by atoms with Crippen LogP contribution in [0.4, 0.5) is 0 Å². The van der Waals surface area contributed by atoms with Gasteiger partial charge in [-0.05, 0) is 57.3 Å². The molecule has 6 aromatic carbocycles. The van der Waals surface area contributed by atoms with E-state index in [-0.39, 0.29) is 0 Å². The molecule has 190 valence electrons. The number of nitrogens with zero attached hydrogens (tertiary/aromatic N) is 3. The third kappa shape index (κ3) is 3.31. The molecule has 2 heterocycles. The Labute approximate surface area is 235 Å². The van der Waals surface area contributed by atoms with Crippen molar-refractivity contribution >= 4 is 32.7 Å². The minimum Gasteiger partial charge on any atom is -0.456 e. The molecule has 8 aromatic rings. The second-order valence-electron chi connectivity index (χ2n) is 10.4. The molecule has 0 bridgehead atoms. The molecular weight excluding hydrogens is 502 g/mol. The van der Waals surface area contributed by atoms with E-state index in [1.807, 2.05) is 72.8 Å². The van der Waals surface area contributed by atoms with Crippen LogP contribution in [0.15, 0.2) is 132 Å². The van der Waals surface area contributed by atoms with Crippen molar-refractivity contribution in [3.05, 3.63) is 127 Å². The van der Waals surface area contributed by atoms with Crippen molar-refractivity contribution in [1.29, 1.82) is 0 Å². The highest BCUT2D eigenvalue weighted by Crippen LogP contribution is 2.50. The highest BCUT2D eigenvalue weighted by Gasteiger charge is 2.24. The lowest BCUT2D eigenvalue weighted by Crippen LogP contribution is -2.00. The van der Waals surface area contributed by atoms with E-state index < -0.39 is 0 Å². The summed E-state index contributed by atoms with van der Waals surface area (Å²) in [6, 6.07) is 43.8. The van der Waals surface area contributed by atoms with E-state index >= 15 is 0 Å². The molecule has 1 aliphatic carbocycles. The van der Waals surface area contributed by atoms with Gasteiger partial charge in [0.25, 0.3) is 0 Å². The van der Waals surface area contributed by atoms with Crippen LogP contribution in [0.3, 0.4) is 0 Å². The maximum Gasteiger partial charge on any atom is 0.164 e. The van der Waals surface area contributed by atoms with Crippen molar-refractivity contribution in [2.75, 3.05) is 0 Å². The van der Waals surface area contributed by atoms with Gasteiger partial charge in [-0.15, -0.1) is 0 Å². The van der Waals surface area contributed by atoms with E-state index in [1.54, 1.807) is 0 Å². The van der Waals surface area contributed by atoms with Crippen molar-refractivity contribution in [3.63, 3.8) is 0 Å². The maximum atomic E-state index is 6.47. The average molecular weight is 524 g/mol. The van der Waals surface area contributed by atoms with Crippen LogP contribution in [-0.4, -0.2) is 15.0 Å². The fourth-order valence-corrected chi connectivity index (χ4v) is 6.22. The van der Waals surface area contributed by atoms with E-state index in [4.69, 9.17) is 19.4 Å². The second kappa shape index (κ2) is 8.44. The Hall–Kier alpha value is -5.61. The van der Waals surface area contributed by atoms with Crippen molar-refractivity contribution in [2.24, 2.45) is 0 Å². The molecule has 0 amide bonds. The van der Waals surface area contributed by atoms with Gasteiger partial charge in [0.15, 0.2) is 17.5 Å². The molecule has 0 saturated heterocycles. The van der Waals surface area contributed by atoms with Crippen LogP contribution in [0.25, 0.3) is 89.1 Å². The fraction of sp³-hybridized carbons (Fsp3) is 0. The summed E-state index contributed by atoms with van der Waals surface area (Å²) in [5.74, 6) is 1.93. The lowest BCUT2D eigenvalue weighted by Gasteiger charge is -2.08. The SMILES string of the molecule is c1ccc(-c2nc(-c3ccccc3)nc(-c3ccc4oc5cc6c7c(cccc7c5c4c3)-c3ccccc3-6)n2)cc1. The number of furan rings is 1. The molecule has 0 unspecified atom stereocenters. The predicted molar refractivity (Wildman–Crippen MR) is 165 cm³/mol. The Morgan fingerprint density at radius 3 is 1.63 bits per heavy atom. The summed E-state index contributed by atoms with van der Waals surface area (Å²) in [4.78, 5) is 14.7. The Balaban J connectivity index is 1.30. The van der Waals surface area contributed by atoms with E-state index in [0.29, 0.717) is 17.5 Å². The molecule has 41 heavy (non-hydrogen) atoms. The summed E-state index contributed by atoms with van der Waals surface area (Å²) in [5.41, 5.74) is 9.60. The summed E-state index contributed by atoms with van der Waals surface area (Å²) in [6.45, 7) is 0. The van der Waals surface area contributed by atoms with Gasteiger partial charge in [0.1, 0.15) is 11.2 Å². The van der Waals surface area contributed by atoms with Crippen molar-refractivity contribution in [2.45, 2.75) is 0 Å². The molecule has 0 atom stereocenters. The molecule has 4 heteroatoms. The minimum atomic E-state index is 0.632. The standard InChI is InChI=1S/C37H21N3O/c1-3-10-22(11-4-1)35-38-36(23-12-5-2-6-13-23)40-37(39-35)24-18-19-31-30(20-24)34-28-17-9-16-27-25-14-7-8-15-26(25)29(33(27)28)21-32(34)41-31/h1-21H. The first-order valence-electron chi connectivity index (χ1n) is 13.7. The van der Waals surface area contributed by atoms with Crippen molar-refractivity contribution in [3.8, 4) is 56.4 Å². The number of rotatable bonds is 3. The molecule has 1 aliphatic rings. The summed E-state index contributed by atoms with van der Waals surface area (Å²) in [7, 11) is 0. The van der Waals surface area contributed by atoms with Gasteiger partial charge in [0, 0.05) is 27.5 Å². The molecule has 9 rings (SSSR count). The van der Waals surface area contributed by atoms with E-state index in [0.717, 1.165) is 38.6 Å². The van der Waals surface area contributed by atoms with E-state index in [2.05, 4.69) is 54.6 Å². The zero-order valence-electron chi connectivity index (χ0n) is 21.9. The number of hydrogen-bond acceptors (Lipinski definition) is 4. The normalized spacial score (nSPS) is 11.9. The van der Waals surface area contributed by atoms with Crippen molar-refractivity contribution < 1.29 is 4.42 Å². The average Bonchev–Trinajstić information content (AvgIpc) is 3.58. The molecule has 0 saturated carbocycles. The molecule has 0 aliphatic heterocycles. The van der Waals surface area contributed by atoms with Crippen LogP contribution in [0.5, 0.6) is 0 Å². The zero-order chi connectivity index (χ0) is 26.9. The summed E-state index contributed by atoms with van der Waals surface area (Å²) < 4.78 is 6.47. The van der Waals surface area contributed by atoms with Crippen LogP contribution >= 0.6 is 0 Å². The fourth-order valence-electron chi connectivity index (χ4n) is 6.22. The molecule has 4 nitrogen and oxygen atoms in total. The lowest BCUT2D eigenvalue weighted by molar-refractivity contribution is 0.669. The van der Waals surface area contributed by atoms with Crippen LogP contribution < -0.4 is 0 Å². The maximum absolute atomic E-state index is 6.47. The first-order valence-corrected chi connectivity index (χ1v) is 13.7. The smallest absolute Gasteiger partial charge is 0.164 e. The summed E-state index contributed by atoms with van der Waals surface area (Å²) >= 11 is 0. The van der Waals surface area contributed by atoms with Crippen LogP contribution in [0.1, 0.15) is 0 Å². The monoisotopic (exact) mass is 523 g/mol. The second-order valence-corrected chi connectivity index (χ2v) is 10.4. The van der Waals surface area contributed by atoms with Gasteiger partial charge in [0.2, 0.25) is 0 Å². The number of hydrogen-bond donors (Lipinski definition) is 0. The number of benzene rings is 6. The van der Waals surface area contributed by atoms with Crippen LogP contribution in [0, 0.1) is 0 Å². The minimum absolute atomic E-state index is 0.632. The quantitative estimate of drug-likeness (QED) is 0.231. The van der Waals surface area contributed by atoms with Gasteiger partial charge in [-0.25, -0.2) is 15.0 Å². The summed E-state index contributed by atoms with van der Waals surface area (Å²) in [6.07, 6.45) is 0. The molecule has 2 aromatic heterocycles. The Morgan fingerprint density at radius 2 is 0.951 bits per heavy atom. The van der Waals surface area contributed by atoms with E-state index in [1.165, 1.54) is 33.0 Å². The highest BCUT2D eigenvalue weighted by molar-refractivity contribution is 6.28. The van der Waals surface area contributed by atoms with Crippen LogP contribution in [-0.2, 0) is 0 Å². The Morgan fingerprint density at radius 1 is 0.366 bits per heavy atom. The first kappa shape index (κ1) is 22.2. The van der Waals surface area contributed by atoms with Gasteiger partial charge >= 0.3 is 0 Å². The number of fused-ring (bicyclic) bond motifs is 7. The Kier molecular flexibility index (Phi) is 4.58. The molecular formula is C37H21N3O. The topological polar surface area (TPSA) is 51.8 Å². The number of aromatic nitrogens is 3. The zero-order valence-corrected chi connectivity index (χ0v) is 21.9. The van der Waals surface area contributed by atoms with Gasteiger partial charge in [-0.1, -0.05) is 103 Å². The lowest BCUT2D eigenvalue weighted by atomic mass is 9.98. The molecule has 0 N–H and O–H groups in total.